The first-order valence-corrected chi connectivity index (χ1v) is 9.38. The lowest BCUT2D eigenvalue weighted by Gasteiger charge is -2.35. The van der Waals surface area contributed by atoms with Crippen LogP contribution in [0.3, 0.4) is 0 Å². The van der Waals surface area contributed by atoms with E-state index in [4.69, 9.17) is 9.26 Å². The van der Waals surface area contributed by atoms with Crippen LogP contribution in [0.1, 0.15) is 58.0 Å². The summed E-state index contributed by atoms with van der Waals surface area (Å²) in [6, 6.07) is 1.83. The molecule has 3 atom stereocenters. The lowest BCUT2D eigenvalue weighted by molar-refractivity contribution is -0.0769. The predicted molar refractivity (Wildman–Crippen MR) is 99.3 cm³/mol. The maximum Gasteiger partial charge on any atom is 0.323 e. The summed E-state index contributed by atoms with van der Waals surface area (Å²) in [5.41, 5.74) is 0. The Labute approximate surface area is 159 Å². The fourth-order valence-corrected chi connectivity index (χ4v) is 3.43. The molecule has 1 unspecified atom stereocenters. The van der Waals surface area contributed by atoms with Gasteiger partial charge in [0, 0.05) is 12.6 Å². The van der Waals surface area contributed by atoms with Crippen molar-refractivity contribution < 1.29 is 14.1 Å². The molecule has 9 nitrogen and oxygen atoms in total. The average molecular weight is 376 g/mol. The zero-order valence-electron chi connectivity index (χ0n) is 16.5. The van der Waals surface area contributed by atoms with Gasteiger partial charge in [0.1, 0.15) is 5.82 Å². The van der Waals surface area contributed by atoms with Gasteiger partial charge in [-0.3, -0.25) is 5.32 Å². The van der Waals surface area contributed by atoms with Crippen LogP contribution in [0.25, 0.3) is 0 Å². The normalized spacial score (nSPS) is 21.5. The van der Waals surface area contributed by atoms with E-state index in [1.165, 1.54) is 0 Å². The fourth-order valence-electron chi connectivity index (χ4n) is 3.43. The highest BCUT2D eigenvalue weighted by atomic mass is 16.5. The van der Waals surface area contributed by atoms with Crippen LogP contribution in [-0.4, -0.2) is 50.0 Å². The number of aryl methyl sites for hydroxylation is 1. The molecule has 9 heteroatoms. The number of nitrogens with zero attached hydrogens (tertiary/aromatic N) is 5. The number of carbonyl (C=O) groups excluding carboxylic acids is 1. The second kappa shape index (κ2) is 8.08. The van der Waals surface area contributed by atoms with E-state index in [9.17, 15) is 4.79 Å². The van der Waals surface area contributed by atoms with Crippen molar-refractivity contribution in [2.24, 2.45) is 5.92 Å². The Kier molecular flexibility index (Phi) is 5.79. The van der Waals surface area contributed by atoms with Crippen molar-refractivity contribution in [3.63, 3.8) is 0 Å². The first-order chi connectivity index (χ1) is 12.8. The molecule has 2 amide bonds. The van der Waals surface area contributed by atoms with Crippen LogP contribution >= 0.6 is 0 Å². The van der Waals surface area contributed by atoms with Crippen molar-refractivity contribution >= 4 is 11.8 Å². The molecule has 1 aliphatic rings. The number of nitrogens with one attached hydrogen (secondary N) is 1. The van der Waals surface area contributed by atoms with Gasteiger partial charge in [0.2, 0.25) is 0 Å². The standard InChI is InChI=1S/C18H28N6O3/c1-11(2)8-12(3)24-16(6-7-19-24)21-18(25)23-9-13(4)26-15(10-23)17-20-14(5)22-27-17/h6-7,11-13,15H,8-10H2,1-5H3,(H,21,25)/t12?,13-,15-/m1/s1. The van der Waals surface area contributed by atoms with Crippen LogP contribution in [0.2, 0.25) is 0 Å². The second-order valence-corrected chi connectivity index (χ2v) is 7.59. The van der Waals surface area contributed by atoms with E-state index in [1.54, 1.807) is 18.0 Å². The van der Waals surface area contributed by atoms with Crippen LogP contribution in [0.5, 0.6) is 0 Å². The molecule has 0 aromatic carbocycles. The molecule has 1 fully saturated rings. The van der Waals surface area contributed by atoms with E-state index in [1.807, 2.05) is 17.7 Å². The molecule has 0 radical (unpaired) electrons. The van der Waals surface area contributed by atoms with E-state index in [0.29, 0.717) is 36.5 Å². The average Bonchev–Trinajstić information content (AvgIpc) is 3.22. The van der Waals surface area contributed by atoms with Gasteiger partial charge in [-0.1, -0.05) is 19.0 Å². The van der Waals surface area contributed by atoms with Gasteiger partial charge in [-0.25, -0.2) is 9.48 Å². The van der Waals surface area contributed by atoms with Crippen molar-refractivity contribution in [1.82, 2.24) is 24.8 Å². The molecule has 27 heavy (non-hydrogen) atoms. The number of carbonyl (C=O) groups is 1. The van der Waals surface area contributed by atoms with Crippen LogP contribution in [0.15, 0.2) is 16.8 Å². The first kappa shape index (κ1) is 19.3. The van der Waals surface area contributed by atoms with Gasteiger partial charge < -0.3 is 14.2 Å². The number of amides is 2. The smallest absolute Gasteiger partial charge is 0.323 e. The Hall–Kier alpha value is -2.42. The lowest BCUT2D eigenvalue weighted by Crippen LogP contribution is -2.48. The van der Waals surface area contributed by atoms with Crippen molar-refractivity contribution in [2.45, 2.75) is 59.3 Å². The van der Waals surface area contributed by atoms with Crippen molar-refractivity contribution in [3.05, 3.63) is 24.0 Å². The van der Waals surface area contributed by atoms with Crippen LogP contribution < -0.4 is 5.32 Å². The molecular weight excluding hydrogens is 348 g/mol. The van der Waals surface area contributed by atoms with Crippen LogP contribution in [-0.2, 0) is 4.74 Å². The van der Waals surface area contributed by atoms with Crippen LogP contribution in [0.4, 0.5) is 10.6 Å². The second-order valence-electron chi connectivity index (χ2n) is 7.59. The summed E-state index contributed by atoms with van der Waals surface area (Å²) >= 11 is 0. The van der Waals surface area contributed by atoms with Crippen LogP contribution in [0, 0.1) is 12.8 Å². The quantitative estimate of drug-likeness (QED) is 0.860. The maximum atomic E-state index is 12.8. The number of rotatable bonds is 5. The number of hydrogen-bond donors (Lipinski definition) is 1. The van der Waals surface area contributed by atoms with Crippen molar-refractivity contribution in [1.29, 1.82) is 0 Å². The van der Waals surface area contributed by atoms with Gasteiger partial charge in [0.15, 0.2) is 11.9 Å². The number of urea groups is 1. The van der Waals surface area contributed by atoms with Gasteiger partial charge >= 0.3 is 6.03 Å². The number of hydrogen-bond acceptors (Lipinski definition) is 6. The Morgan fingerprint density at radius 3 is 2.81 bits per heavy atom. The molecule has 0 saturated carbocycles. The minimum Gasteiger partial charge on any atom is -0.362 e. The number of anilines is 1. The predicted octanol–water partition coefficient (Wildman–Crippen LogP) is 3.18. The third-order valence-corrected chi connectivity index (χ3v) is 4.50. The van der Waals surface area contributed by atoms with Gasteiger partial charge in [0.05, 0.1) is 24.9 Å². The number of morpholine rings is 1. The molecule has 148 valence electrons. The molecule has 1 saturated heterocycles. The third-order valence-electron chi connectivity index (χ3n) is 4.50. The largest absolute Gasteiger partial charge is 0.362 e. The highest BCUT2D eigenvalue weighted by molar-refractivity contribution is 5.88. The van der Waals surface area contributed by atoms with Gasteiger partial charge in [0.25, 0.3) is 5.89 Å². The molecule has 2 aromatic heterocycles. The minimum absolute atomic E-state index is 0.133. The molecule has 1 aliphatic heterocycles. The van der Waals surface area contributed by atoms with E-state index >= 15 is 0 Å². The number of ether oxygens (including phenoxy) is 1. The van der Waals surface area contributed by atoms with E-state index < -0.39 is 6.10 Å². The highest BCUT2D eigenvalue weighted by Gasteiger charge is 2.33. The molecule has 3 rings (SSSR count). The third kappa shape index (κ3) is 4.65. The summed E-state index contributed by atoms with van der Waals surface area (Å²) in [6.07, 6.45) is 2.13. The Morgan fingerprint density at radius 2 is 2.15 bits per heavy atom. The zero-order valence-corrected chi connectivity index (χ0v) is 16.5. The Bertz CT molecular complexity index is 771. The number of aromatic nitrogens is 4. The highest BCUT2D eigenvalue weighted by Crippen LogP contribution is 2.25. The van der Waals surface area contributed by atoms with Gasteiger partial charge in [-0.2, -0.15) is 10.1 Å². The topological polar surface area (TPSA) is 98.3 Å². The maximum absolute atomic E-state index is 12.8. The molecule has 0 bridgehead atoms. The zero-order chi connectivity index (χ0) is 19.6. The monoisotopic (exact) mass is 376 g/mol. The molecule has 0 spiro atoms. The van der Waals surface area contributed by atoms with Gasteiger partial charge in [-0.05, 0) is 33.1 Å². The lowest BCUT2D eigenvalue weighted by atomic mass is 10.1. The molecular formula is C18H28N6O3. The van der Waals surface area contributed by atoms with E-state index in [-0.39, 0.29) is 18.2 Å². The Balaban J connectivity index is 1.68. The van der Waals surface area contributed by atoms with E-state index in [0.717, 1.165) is 6.42 Å². The van der Waals surface area contributed by atoms with Crippen molar-refractivity contribution in [3.8, 4) is 0 Å². The summed E-state index contributed by atoms with van der Waals surface area (Å²) in [5, 5.41) is 11.2. The summed E-state index contributed by atoms with van der Waals surface area (Å²) in [4.78, 5) is 18.8. The Morgan fingerprint density at radius 1 is 1.37 bits per heavy atom. The summed E-state index contributed by atoms with van der Waals surface area (Å²) in [7, 11) is 0. The fraction of sp³-hybridized carbons (Fsp3) is 0.667. The molecule has 2 aromatic rings. The minimum atomic E-state index is -0.425. The van der Waals surface area contributed by atoms with Crippen molar-refractivity contribution in [2.75, 3.05) is 18.4 Å². The summed E-state index contributed by atoms with van der Waals surface area (Å²) in [6.45, 7) is 11.0. The van der Waals surface area contributed by atoms with E-state index in [2.05, 4.69) is 41.3 Å². The summed E-state index contributed by atoms with van der Waals surface area (Å²) in [5.74, 6) is 2.18. The molecule has 3 heterocycles. The van der Waals surface area contributed by atoms with Gasteiger partial charge in [-0.15, -0.1) is 0 Å². The summed E-state index contributed by atoms with van der Waals surface area (Å²) < 4.78 is 12.9. The molecule has 1 N–H and O–H groups in total. The first-order valence-electron chi connectivity index (χ1n) is 9.38. The molecule has 0 aliphatic carbocycles. The SMILES string of the molecule is Cc1noc([C@H]2CN(C(=O)Nc3ccnn3C(C)CC(C)C)C[C@@H](C)O2)n1.